The Morgan fingerprint density at radius 3 is 2.88 bits per heavy atom. The Bertz CT molecular complexity index is 1330. The smallest absolute Gasteiger partial charge is 0.192 e. The highest BCUT2D eigenvalue weighted by Gasteiger charge is 2.27. The van der Waals surface area contributed by atoms with Gasteiger partial charge in [-0.25, -0.2) is 9.97 Å². The van der Waals surface area contributed by atoms with Crippen LogP contribution in [0.5, 0.6) is 11.5 Å². The molecule has 1 aromatic carbocycles. The number of anilines is 1. The third-order valence-electron chi connectivity index (χ3n) is 6.13. The van der Waals surface area contributed by atoms with Crippen LogP contribution in [0.1, 0.15) is 47.5 Å². The van der Waals surface area contributed by atoms with Gasteiger partial charge >= 0.3 is 0 Å². The Balaban J connectivity index is 1.20. The summed E-state index contributed by atoms with van der Waals surface area (Å²) in [5.74, 6) is 4.08. The lowest BCUT2D eigenvalue weighted by molar-refractivity contribution is 0.0825. The minimum Gasteiger partial charge on any atom is -0.485 e. The molecule has 0 saturated carbocycles. The van der Waals surface area contributed by atoms with E-state index in [1.807, 2.05) is 35.9 Å². The number of rotatable bonds is 4. The van der Waals surface area contributed by atoms with E-state index in [0.717, 1.165) is 51.4 Å². The van der Waals surface area contributed by atoms with Gasteiger partial charge in [-0.05, 0) is 43.4 Å². The van der Waals surface area contributed by atoms with Crippen molar-refractivity contribution in [3.05, 3.63) is 46.4 Å². The molecular weight excluding hydrogens is 456 g/mol. The Morgan fingerprint density at radius 2 is 1.97 bits per heavy atom. The summed E-state index contributed by atoms with van der Waals surface area (Å²) in [6, 6.07) is 7.66. The van der Waals surface area contributed by atoms with Crippen LogP contribution >= 0.6 is 23.1 Å². The van der Waals surface area contributed by atoms with Gasteiger partial charge in [0.2, 0.25) is 0 Å². The maximum Gasteiger partial charge on any atom is 0.192 e. The summed E-state index contributed by atoms with van der Waals surface area (Å²) in [6.07, 6.45) is 5.63. The van der Waals surface area contributed by atoms with Crippen LogP contribution in [-0.4, -0.2) is 31.3 Å². The first-order chi connectivity index (χ1) is 16.2. The van der Waals surface area contributed by atoms with Crippen molar-refractivity contribution in [3.63, 3.8) is 0 Å². The van der Waals surface area contributed by atoms with E-state index >= 15 is 0 Å². The number of nitrogens with zero attached hydrogens (tertiary/aromatic N) is 5. The average Bonchev–Trinajstić information content (AvgIpc) is 3.28. The topological polar surface area (TPSA) is 101 Å². The number of para-hydroxylation sites is 2. The van der Waals surface area contributed by atoms with Crippen LogP contribution in [-0.2, 0) is 25.6 Å². The van der Waals surface area contributed by atoms with E-state index in [2.05, 4.69) is 15.2 Å². The monoisotopic (exact) mass is 480 g/mol. The molecule has 4 aromatic rings. The van der Waals surface area contributed by atoms with E-state index in [9.17, 15) is 0 Å². The minimum absolute atomic E-state index is 0.309. The second-order valence-corrected chi connectivity index (χ2v) is 10.3. The van der Waals surface area contributed by atoms with Crippen molar-refractivity contribution >= 4 is 39.1 Å². The van der Waals surface area contributed by atoms with Crippen molar-refractivity contribution in [2.75, 3.05) is 12.3 Å². The van der Waals surface area contributed by atoms with Crippen LogP contribution < -0.4 is 15.2 Å². The lowest BCUT2D eigenvalue weighted by atomic mass is 10.1. The lowest BCUT2D eigenvalue weighted by Crippen LogP contribution is -2.24. The van der Waals surface area contributed by atoms with E-state index < -0.39 is 0 Å². The number of hydrogen-bond acceptors (Lipinski definition) is 9. The highest BCUT2D eigenvalue weighted by atomic mass is 32.2. The molecule has 0 fully saturated rings. The first kappa shape index (κ1) is 20.7. The molecule has 3 aromatic heterocycles. The summed E-state index contributed by atoms with van der Waals surface area (Å²) in [5, 5.41) is 10.6. The number of thiophene rings is 1. The Hall–Kier alpha value is -2.85. The van der Waals surface area contributed by atoms with Crippen molar-refractivity contribution in [1.29, 1.82) is 0 Å². The number of nitrogens with two attached hydrogens (primary N) is 1. The zero-order chi connectivity index (χ0) is 22.4. The molecule has 1 atom stereocenters. The number of nitrogen functional groups attached to an aromatic ring is 1. The van der Waals surface area contributed by atoms with Crippen LogP contribution in [0.3, 0.4) is 0 Å². The molecule has 2 N–H and O–H groups in total. The zero-order valence-electron chi connectivity index (χ0n) is 18.3. The summed E-state index contributed by atoms with van der Waals surface area (Å²) in [6.45, 7) is 0.396. The van der Waals surface area contributed by atoms with E-state index in [4.69, 9.17) is 20.2 Å². The second-order valence-electron chi connectivity index (χ2n) is 8.32. The van der Waals surface area contributed by atoms with E-state index in [0.29, 0.717) is 18.2 Å². The van der Waals surface area contributed by atoms with Gasteiger partial charge < -0.3 is 19.8 Å². The normalized spacial score (nSPS) is 17.7. The van der Waals surface area contributed by atoms with E-state index in [1.54, 1.807) is 23.1 Å². The standard InChI is InChI=1S/C23H24N6O2S2/c1-29-21(16-11-30-14-8-5-6-9-15(14)31-16)27-28-23(29)32-12-18-25-20(24)19-13-7-3-2-4-10-17(13)33-22(19)26-18/h5-6,8-9,16H,2-4,7,10-12H2,1H3,(H2,24,25,26). The van der Waals surface area contributed by atoms with Crippen LogP contribution in [0, 0.1) is 0 Å². The first-order valence-corrected chi connectivity index (χ1v) is 12.9. The summed E-state index contributed by atoms with van der Waals surface area (Å²) < 4.78 is 13.9. The van der Waals surface area contributed by atoms with Crippen molar-refractivity contribution in [2.24, 2.45) is 7.05 Å². The minimum atomic E-state index is -0.309. The maximum absolute atomic E-state index is 6.40. The molecule has 170 valence electrons. The molecule has 4 heterocycles. The summed E-state index contributed by atoms with van der Waals surface area (Å²) >= 11 is 3.32. The molecule has 10 heteroatoms. The highest BCUT2D eigenvalue weighted by molar-refractivity contribution is 7.98. The molecule has 1 aliphatic heterocycles. The van der Waals surface area contributed by atoms with Crippen molar-refractivity contribution in [3.8, 4) is 11.5 Å². The number of hydrogen-bond donors (Lipinski definition) is 1. The van der Waals surface area contributed by atoms with Gasteiger partial charge in [-0.3, -0.25) is 0 Å². The number of ether oxygens (including phenoxy) is 2. The SMILES string of the molecule is Cn1c(SCc2nc(N)c3c4c(sc3n2)CCCCC4)nnc1C1COc2ccccc2O1. The predicted octanol–water partition coefficient (Wildman–Crippen LogP) is 4.48. The molecule has 0 radical (unpaired) electrons. The molecule has 6 rings (SSSR count). The van der Waals surface area contributed by atoms with Crippen LogP contribution in [0.4, 0.5) is 5.82 Å². The highest BCUT2D eigenvalue weighted by Crippen LogP contribution is 2.38. The Morgan fingerprint density at radius 1 is 1.12 bits per heavy atom. The first-order valence-electron chi connectivity index (χ1n) is 11.1. The molecule has 0 saturated heterocycles. The molecule has 0 amide bonds. The van der Waals surface area contributed by atoms with Crippen LogP contribution in [0.15, 0.2) is 29.4 Å². The lowest BCUT2D eigenvalue weighted by Gasteiger charge is -2.25. The fraction of sp³-hybridized carbons (Fsp3) is 0.391. The molecule has 33 heavy (non-hydrogen) atoms. The van der Waals surface area contributed by atoms with Gasteiger partial charge in [0.1, 0.15) is 23.1 Å². The zero-order valence-corrected chi connectivity index (χ0v) is 19.9. The maximum atomic E-state index is 6.40. The number of aryl methyl sites for hydroxylation is 2. The van der Waals surface area contributed by atoms with Crippen LogP contribution in [0.2, 0.25) is 0 Å². The molecular formula is C23H24N6O2S2. The van der Waals surface area contributed by atoms with Gasteiger partial charge in [0.05, 0.1) is 11.1 Å². The Labute approximate surface area is 199 Å². The summed E-state index contributed by atoms with van der Waals surface area (Å²) in [7, 11) is 1.94. The fourth-order valence-electron chi connectivity index (χ4n) is 4.48. The van der Waals surface area contributed by atoms with E-state index in [-0.39, 0.29) is 6.10 Å². The second kappa shape index (κ2) is 8.49. The van der Waals surface area contributed by atoms with E-state index in [1.165, 1.54) is 29.7 Å². The molecule has 2 aliphatic rings. The summed E-state index contributed by atoms with van der Waals surface area (Å²) in [5.41, 5.74) is 7.77. The van der Waals surface area contributed by atoms with Gasteiger partial charge in [-0.15, -0.1) is 21.5 Å². The molecule has 0 spiro atoms. The van der Waals surface area contributed by atoms with Gasteiger partial charge in [0.15, 0.2) is 28.6 Å². The predicted molar refractivity (Wildman–Crippen MR) is 129 cm³/mol. The largest absolute Gasteiger partial charge is 0.485 e. The number of benzene rings is 1. The average molecular weight is 481 g/mol. The molecule has 0 bridgehead atoms. The molecule has 1 aliphatic carbocycles. The quantitative estimate of drug-likeness (QED) is 0.337. The molecule has 8 nitrogen and oxygen atoms in total. The summed E-state index contributed by atoms with van der Waals surface area (Å²) in [4.78, 5) is 11.9. The van der Waals surface area contributed by atoms with Crippen LogP contribution in [0.25, 0.3) is 10.2 Å². The van der Waals surface area contributed by atoms with Gasteiger partial charge in [-0.2, -0.15) is 0 Å². The van der Waals surface area contributed by atoms with Gasteiger partial charge in [-0.1, -0.05) is 30.3 Å². The van der Waals surface area contributed by atoms with Crippen molar-refractivity contribution in [1.82, 2.24) is 24.7 Å². The third-order valence-corrected chi connectivity index (χ3v) is 8.34. The number of aromatic nitrogens is 5. The number of fused-ring (bicyclic) bond motifs is 4. The Kier molecular flexibility index (Phi) is 5.34. The van der Waals surface area contributed by atoms with Crippen molar-refractivity contribution < 1.29 is 9.47 Å². The fourth-order valence-corrected chi connectivity index (χ4v) is 6.54. The molecule has 1 unspecified atom stereocenters. The van der Waals surface area contributed by atoms with Gasteiger partial charge in [0.25, 0.3) is 0 Å². The van der Waals surface area contributed by atoms with Crippen molar-refractivity contribution in [2.45, 2.75) is 49.1 Å². The number of thioether (sulfide) groups is 1. The van der Waals surface area contributed by atoms with Gasteiger partial charge in [0, 0.05) is 11.9 Å². The third kappa shape index (κ3) is 3.80.